The van der Waals surface area contributed by atoms with Gasteiger partial charge >= 0.3 is 5.91 Å². The van der Waals surface area contributed by atoms with Gasteiger partial charge in [-0.15, -0.1) is 0 Å². The third kappa shape index (κ3) is 5.48. The molecule has 0 radical (unpaired) electrons. The molecular formula is C30H18IN7O7. The Hall–Kier alpha value is -5.58. The quantitative estimate of drug-likeness (QED) is 0.201. The summed E-state index contributed by atoms with van der Waals surface area (Å²) in [5.74, 6) is 0.483. The first-order valence-electron chi connectivity index (χ1n) is 13.5. The molecule has 0 fully saturated rings. The number of halogens is 1. The van der Waals surface area contributed by atoms with Gasteiger partial charge in [-0.3, -0.25) is 4.79 Å². The number of hydrogen-bond donors (Lipinski definition) is 1. The smallest absolute Gasteiger partial charge is 0.307 e. The Balaban J connectivity index is 1.17. The van der Waals surface area contributed by atoms with Crippen molar-refractivity contribution in [2.45, 2.75) is 18.9 Å². The number of amides is 1. The zero-order chi connectivity index (χ0) is 30.3. The summed E-state index contributed by atoms with van der Waals surface area (Å²) in [6.45, 7) is 0. The predicted octanol–water partition coefficient (Wildman–Crippen LogP) is 6.17. The van der Waals surface area contributed by atoms with Crippen molar-refractivity contribution in [2.24, 2.45) is 0 Å². The van der Waals surface area contributed by atoms with Gasteiger partial charge in [0.05, 0.1) is 6.04 Å². The van der Waals surface area contributed by atoms with Gasteiger partial charge in [-0.1, -0.05) is 18.2 Å². The minimum Gasteiger partial charge on any atom is -0.448 e. The first kappa shape index (κ1) is 27.0. The van der Waals surface area contributed by atoms with Crippen LogP contribution in [0.4, 0.5) is 0 Å². The van der Waals surface area contributed by atoms with Crippen LogP contribution >= 0.6 is 22.6 Å². The van der Waals surface area contributed by atoms with Crippen molar-refractivity contribution in [3.05, 3.63) is 100 Å². The number of rotatable bonds is 2. The first-order chi connectivity index (χ1) is 22.0. The van der Waals surface area contributed by atoms with E-state index in [-0.39, 0.29) is 35.1 Å². The maximum atomic E-state index is 13.4. The lowest BCUT2D eigenvalue weighted by Gasteiger charge is -2.15. The van der Waals surface area contributed by atoms with E-state index in [9.17, 15) is 4.79 Å². The summed E-state index contributed by atoms with van der Waals surface area (Å²) in [4.78, 5) is 40.1. The van der Waals surface area contributed by atoms with Gasteiger partial charge in [0.1, 0.15) is 49.0 Å². The standard InChI is InChI=1S/C30H18IN7O7/c31-16-6-4-15(5-7-16)8-18-19-10-42-28(35-19)22-13-43-27(37-22)20-11-40-24(33-20)3-1-2-17-9-41-26(32-17)21-12-44-29(36-21)23-14-45-30(38-23)25(39)34-18/h1-2,4-7,9-14,18H,3,8H2,(H,34,39)/b2-1+. The van der Waals surface area contributed by atoms with Crippen molar-refractivity contribution in [2.75, 3.05) is 0 Å². The Morgan fingerprint density at radius 1 is 0.667 bits per heavy atom. The summed E-state index contributed by atoms with van der Waals surface area (Å²) in [6.07, 6.45) is 12.9. The summed E-state index contributed by atoms with van der Waals surface area (Å²) in [5, 5.41) is 2.95. The molecule has 8 rings (SSSR count). The highest BCUT2D eigenvalue weighted by atomic mass is 127. The molecule has 1 aromatic carbocycles. The molecule has 0 aliphatic carbocycles. The number of hydrogen-bond acceptors (Lipinski definition) is 13. The lowest BCUT2D eigenvalue weighted by atomic mass is 10.0. The van der Waals surface area contributed by atoms with Crippen LogP contribution in [0.2, 0.25) is 0 Å². The molecule has 1 atom stereocenters. The maximum absolute atomic E-state index is 13.4. The second-order valence-electron chi connectivity index (χ2n) is 9.86. The third-order valence-corrected chi connectivity index (χ3v) is 7.49. The number of nitrogens with zero attached hydrogens (tertiary/aromatic N) is 6. The van der Waals surface area contributed by atoms with Crippen molar-refractivity contribution < 1.29 is 31.3 Å². The minimum absolute atomic E-state index is 0.126. The Bertz CT molecular complexity index is 2160. The van der Waals surface area contributed by atoms with Gasteiger partial charge in [0.25, 0.3) is 5.89 Å². The summed E-state index contributed by atoms with van der Waals surface area (Å²) < 4.78 is 34.7. The molecule has 6 aromatic heterocycles. The van der Waals surface area contributed by atoms with E-state index in [2.05, 4.69) is 57.8 Å². The molecule has 1 unspecified atom stereocenters. The molecule has 0 spiro atoms. The molecule has 7 heterocycles. The zero-order valence-corrected chi connectivity index (χ0v) is 25.0. The van der Waals surface area contributed by atoms with E-state index in [1.807, 2.05) is 30.3 Å². The molecular weight excluding hydrogens is 697 g/mol. The van der Waals surface area contributed by atoms with Crippen molar-refractivity contribution in [1.29, 1.82) is 0 Å². The Labute approximate surface area is 265 Å². The molecule has 1 N–H and O–H groups in total. The van der Waals surface area contributed by atoms with Crippen molar-refractivity contribution in [1.82, 2.24) is 35.2 Å². The second-order valence-corrected chi connectivity index (χ2v) is 11.1. The van der Waals surface area contributed by atoms with Crippen LogP contribution in [0.15, 0.2) is 94.4 Å². The normalized spacial score (nSPS) is 15.4. The predicted molar refractivity (Wildman–Crippen MR) is 161 cm³/mol. The monoisotopic (exact) mass is 715 g/mol. The van der Waals surface area contributed by atoms with Gasteiger partial charge in [-0.25, -0.2) is 24.9 Å². The van der Waals surface area contributed by atoms with Gasteiger partial charge < -0.3 is 31.8 Å². The van der Waals surface area contributed by atoms with Crippen LogP contribution in [0.3, 0.4) is 0 Å². The number of carbonyl (C=O) groups is 1. The van der Waals surface area contributed by atoms with E-state index in [0.29, 0.717) is 47.2 Å². The van der Waals surface area contributed by atoms with Gasteiger partial charge in [0, 0.05) is 9.99 Å². The maximum Gasteiger partial charge on any atom is 0.307 e. The fraction of sp³-hybridized carbons (Fsp3) is 0.100. The number of benzene rings is 1. The van der Waals surface area contributed by atoms with Gasteiger partial charge in [0.2, 0.25) is 23.6 Å². The fourth-order valence-electron chi connectivity index (χ4n) is 4.59. The molecule has 1 aliphatic rings. The molecule has 12 bridgehead atoms. The fourth-order valence-corrected chi connectivity index (χ4v) is 4.95. The van der Waals surface area contributed by atoms with Crippen LogP contribution in [0.5, 0.6) is 0 Å². The van der Waals surface area contributed by atoms with E-state index < -0.39 is 11.9 Å². The average molecular weight is 715 g/mol. The molecule has 7 aromatic rings. The van der Waals surface area contributed by atoms with E-state index in [0.717, 1.165) is 9.13 Å². The molecule has 45 heavy (non-hydrogen) atoms. The molecule has 1 amide bonds. The van der Waals surface area contributed by atoms with Gasteiger partial charge in [-0.2, -0.15) is 4.98 Å². The minimum atomic E-state index is -0.610. The highest BCUT2D eigenvalue weighted by molar-refractivity contribution is 14.1. The summed E-state index contributed by atoms with van der Waals surface area (Å²) in [7, 11) is 0. The Kier molecular flexibility index (Phi) is 6.70. The first-order valence-corrected chi connectivity index (χ1v) is 14.6. The van der Waals surface area contributed by atoms with Crippen LogP contribution < -0.4 is 5.32 Å². The van der Waals surface area contributed by atoms with Gasteiger partial charge in [-0.05, 0) is 52.8 Å². The van der Waals surface area contributed by atoms with Crippen LogP contribution in [0.25, 0.3) is 52.4 Å². The van der Waals surface area contributed by atoms with E-state index in [1.54, 1.807) is 6.08 Å². The number of allylic oxidation sites excluding steroid dienone is 1. The Morgan fingerprint density at radius 2 is 1.24 bits per heavy atom. The zero-order valence-electron chi connectivity index (χ0n) is 22.8. The second kappa shape index (κ2) is 11.2. The highest BCUT2D eigenvalue weighted by Crippen LogP contribution is 2.28. The van der Waals surface area contributed by atoms with Gasteiger partial charge in [0.15, 0.2) is 28.7 Å². The van der Waals surface area contributed by atoms with Crippen LogP contribution in [-0.2, 0) is 12.8 Å². The topological polar surface area (TPSA) is 185 Å². The van der Waals surface area contributed by atoms with Crippen molar-refractivity contribution >= 4 is 34.6 Å². The van der Waals surface area contributed by atoms with E-state index in [1.165, 1.54) is 37.6 Å². The third-order valence-electron chi connectivity index (χ3n) is 6.78. The lowest BCUT2D eigenvalue weighted by Crippen LogP contribution is -2.30. The summed E-state index contributed by atoms with van der Waals surface area (Å²) in [6, 6.07) is 7.32. The number of aromatic nitrogens is 6. The molecule has 0 saturated carbocycles. The van der Waals surface area contributed by atoms with Crippen molar-refractivity contribution in [3.63, 3.8) is 0 Å². The number of carbonyl (C=O) groups excluding carboxylic acids is 1. The van der Waals surface area contributed by atoms with Crippen LogP contribution in [-0.4, -0.2) is 35.8 Å². The lowest BCUT2D eigenvalue weighted by molar-refractivity contribution is 0.0900. The average Bonchev–Trinajstić information content (AvgIpc) is 3.87. The van der Waals surface area contributed by atoms with Crippen LogP contribution in [0, 0.1) is 3.57 Å². The molecule has 222 valence electrons. The number of oxazole rings is 6. The van der Waals surface area contributed by atoms with E-state index in [4.69, 9.17) is 26.5 Å². The molecule has 0 saturated heterocycles. The number of nitrogens with one attached hydrogen (secondary N) is 1. The van der Waals surface area contributed by atoms with E-state index >= 15 is 0 Å². The number of fused-ring (bicyclic) bond motifs is 16. The summed E-state index contributed by atoms with van der Waals surface area (Å²) in [5.41, 5.74) is 3.30. The summed E-state index contributed by atoms with van der Waals surface area (Å²) >= 11 is 2.24. The van der Waals surface area contributed by atoms with Crippen molar-refractivity contribution in [3.8, 4) is 46.3 Å². The highest BCUT2D eigenvalue weighted by Gasteiger charge is 2.26. The largest absolute Gasteiger partial charge is 0.448 e. The SMILES string of the molecule is O=C1NC(Cc2ccc(I)cc2)c2coc(n2)-c2coc(n2)-c2coc(n2)C/C=C/c2coc(n2)-c2coc(n2)-c2coc1n2. The Morgan fingerprint density at radius 3 is 2.00 bits per heavy atom. The molecule has 14 nitrogen and oxygen atoms in total. The molecule has 1 aliphatic heterocycles. The van der Waals surface area contributed by atoms with Crippen LogP contribution in [0.1, 0.15) is 39.6 Å². The molecule has 15 heteroatoms.